The van der Waals surface area contributed by atoms with Crippen molar-refractivity contribution in [2.75, 3.05) is 52.4 Å². The van der Waals surface area contributed by atoms with Crippen LogP contribution in [0.3, 0.4) is 0 Å². The van der Waals surface area contributed by atoms with Crippen molar-refractivity contribution in [2.45, 2.75) is 101 Å². The topological polar surface area (TPSA) is 131 Å². The summed E-state index contributed by atoms with van der Waals surface area (Å²) in [6, 6.07) is 34.6. The summed E-state index contributed by atoms with van der Waals surface area (Å²) in [5, 5.41) is 8.06. The minimum atomic E-state index is -0.744. The molecule has 2 N–H and O–H groups in total. The summed E-state index contributed by atoms with van der Waals surface area (Å²) in [6.45, 7) is 7.50. The van der Waals surface area contributed by atoms with Crippen molar-refractivity contribution in [3.8, 4) is 32.0 Å². The maximum absolute atomic E-state index is 14.4. The second-order valence-corrected chi connectivity index (χ2v) is 21.9. The summed E-state index contributed by atoms with van der Waals surface area (Å²) in [5.74, 6) is -0.342. The highest BCUT2D eigenvalue weighted by Gasteiger charge is 2.38. The second-order valence-electron chi connectivity index (χ2n) is 19.8. The third kappa shape index (κ3) is 11.9. The molecule has 0 unspecified atom stereocenters. The summed E-state index contributed by atoms with van der Waals surface area (Å²) in [4.78, 5) is 75.8. The van der Waals surface area contributed by atoms with E-state index in [-0.39, 0.29) is 35.7 Å². The Kier molecular flexibility index (Phi) is 16.3. The first-order valence-electron chi connectivity index (χ1n) is 26.2. The van der Waals surface area contributed by atoms with Gasteiger partial charge in [-0.05, 0) is 137 Å². The highest BCUT2D eigenvalue weighted by Crippen LogP contribution is 2.41. The first-order valence-corrected chi connectivity index (χ1v) is 27.8. The highest BCUT2D eigenvalue weighted by atomic mass is 32.1. The van der Waals surface area contributed by atoms with Crippen LogP contribution in [0.25, 0.3) is 32.0 Å². The zero-order valence-corrected chi connectivity index (χ0v) is 42.8. The Bertz CT molecular complexity index is 2560. The first-order chi connectivity index (χ1) is 35.3. The normalized spacial score (nSPS) is 19.2. The van der Waals surface area contributed by atoms with Crippen LogP contribution in [0.2, 0.25) is 0 Å². The lowest BCUT2D eigenvalue weighted by Gasteiger charge is -2.28. The summed E-state index contributed by atoms with van der Waals surface area (Å²) < 4.78 is 0. The number of nitrogens with one attached hydrogen (secondary N) is 2. The number of carbonyl (C=O) groups excluding carboxylic acids is 4. The van der Waals surface area contributed by atoms with E-state index in [0.29, 0.717) is 25.9 Å². The molecule has 6 heterocycles. The van der Waals surface area contributed by atoms with Crippen molar-refractivity contribution in [3.63, 3.8) is 0 Å². The molecule has 0 aliphatic carbocycles. The van der Waals surface area contributed by atoms with Gasteiger partial charge in [0.15, 0.2) is 0 Å². The number of likely N-dealkylation sites (tertiary alicyclic amines) is 4. The molecule has 0 bridgehead atoms. The molecule has 0 saturated carbocycles. The van der Waals surface area contributed by atoms with Gasteiger partial charge < -0.3 is 30.2 Å². The van der Waals surface area contributed by atoms with Crippen LogP contribution >= 0.6 is 22.7 Å². The van der Waals surface area contributed by atoms with Crippen molar-refractivity contribution in [2.24, 2.45) is 0 Å². The fraction of sp³-hybridized carbons (Fsp3) is 0.414. The Balaban J connectivity index is 0.761. The van der Waals surface area contributed by atoms with E-state index in [1.54, 1.807) is 22.7 Å². The van der Waals surface area contributed by atoms with E-state index < -0.39 is 12.1 Å². The third-order valence-corrected chi connectivity index (χ3v) is 17.2. The first kappa shape index (κ1) is 49.5. The van der Waals surface area contributed by atoms with Crippen molar-refractivity contribution < 1.29 is 19.2 Å². The molecule has 4 aliphatic heterocycles. The number of amides is 4. The van der Waals surface area contributed by atoms with E-state index in [2.05, 4.69) is 69.0 Å². The Morgan fingerprint density at radius 3 is 1.25 bits per heavy atom. The number of benzene rings is 4. The van der Waals surface area contributed by atoms with Crippen LogP contribution in [-0.4, -0.2) is 106 Å². The molecule has 374 valence electrons. The lowest BCUT2D eigenvalue weighted by atomic mass is 10.0. The van der Waals surface area contributed by atoms with E-state index in [1.165, 1.54) is 25.7 Å². The monoisotopic (exact) mass is 1000 g/mol. The maximum Gasteiger partial charge on any atom is 0.250 e. The van der Waals surface area contributed by atoms with Gasteiger partial charge in [-0.1, -0.05) is 109 Å². The number of hydrogen-bond acceptors (Lipinski definition) is 10. The van der Waals surface area contributed by atoms with Gasteiger partial charge in [-0.25, -0.2) is 9.97 Å². The highest BCUT2D eigenvalue weighted by molar-refractivity contribution is 7.15. The van der Waals surface area contributed by atoms with Crippen LogP contribution in [0, 0.1) is 0 Å². The van der Waals surface area contributed by atoms with Crippen LogP contribution in [0.1, 0.15) is 122 Å². The molecule has 4 saturated heterocycles. The van der Waals surface area contributed by atoms with E-state index in [9.17, 15) is 19.2 Å². The largest absolute Gasteiger partial charge is 0.341 e. The van der Waals surface area contributed by atoms with Crippen molar-refractivity contribution in [1.29, 1.82) is 0 Å². The van der Waals surface area contributed by atoms with Gasteiger partial charge >= 0.3 is 0 Å². The van der Waals surface area contributed by atoms with Gasteiger partial charge in [0.05, 0.1) is 21.8 Å². The van der Waals surface area contributed by atoms with Crippen molar-refractivity contribution in [1.82, 2.24) is 40.2 Å². The summed E-state index contributed by atoms with van der Waals surface area (Å²) >= 11 is 3.26. The van der Waals surface area contributed by atoms with Gasteiger partial charge in [0.1, 0.15) is 22.1 Å². The molecule has 6 aromatic rings. The van der Waals surface area contributed by atoms with Crippen LogP contribution in [-0.2, 0) is 19.2 Å². The van der Waals surface area contributed by atoms with E-state index in [0.717, 1.165) is 131 Å². The number of aromatic nitrogens is 2. The van der Waals surface area contributed by atoms with Crippen LogP contribution < -0.4 is 10.6 Å². The van der Waals surface area contributed by atoms with E-state index in [1.807, 2.05) is 82.9 Å². The SMILES string of the molecule is O=C(CCCN1CCCC1)N[C@@H](C(=O)N1CCC[C@H]1c1ncc(-c2ccc(-c3ccc(-c4cnc([C@@H]5CCCN5C(=O)[C@H](NC(=O)CCCN5CCCC5)c5ccccc5)s4)cc3)cc2)s1)c1ccccc1. The molecule has 12 nitrogen and oxygen atoms in total. The summed E-state index contributed by atoms with van der Waals surface area (Å²) in [5.41, 5.74) is 5.93. The fourth-order valence-corrected chi connectivity index (χ4v) is 13.1. The molecule has 14 heteroatoms. The molecule has 4 amide bonds. The molecule has 2 aromatic heterocycles. The van der Waals surface area contributed by atoms with Gasteiger partial charge in [0.2, 0.25) is 23.6 Å². The minimum absolute atomic E-state index is 0.0826. The fourth-order valence-electron chi connectivity index (χ4n) is 11.0. The number of nitrogens with zero attached hydrogens (tertiary/aromatic N) is 6. The molecule has 72 heavy (non-hydrogen) atoms. The second kappa shape index (κ2) is 23.7. The molecule has 4 aliphatic rings. The average Bonchev–Trinajstić information content (AvgIpc) is 4.29. The number of carbonyl (C=O) groups is 4. The number of hydrogen-bond donors (Lipinski definition) is 2. The van der Waals surface area contributed by atoms with Gasteiger partial charge in [-0.2, -0.15) is 0 Å². The van der Waals surface area contributed by atoms with Crippen molar-refractivity contribution >= 4 is 46.3 Å². The van der Waals surface area contributed by atoms with Gasteiger partial charge in [-0.3, -0.25) is 19.2 Å². The standard InChI is InChI=1S/C58H66N8O4S2/c67-51(21-13-35-63-31-7-8-32-63)61-53(45-15-3-1-4-16-45)57(69)65-37-11-19-47(65)55-59-39-49(71-55)43-27-23-41(24-28-43)42-25-29-44(30-26-42)50-40-60-56(72-50)48-20-12-38-66(48)58(70)54(46-17-5-2-6-18-46)62-52(68)22-14-36-64-33-9-10-34-64/h1-6,15-18,23-30,39-40,47-48,53-54H,7-14,19-22,31-38H2,(H,61,67)(H,62,68)/t47-,48-,53+,54+/m0/s1. The van der Waals surface area contributed by atoms with E-state index >= 15 is 0 Å². The smallest absolute Gasteiger partial charge is 0.250 e. The molecule has 4 atom stereocenters. The molecule has 4 fully saturated rings. The van der Waals surface area contributed by atoms with Crippen molar-refractivity contribution in [3.05, 3.63) is 143 Å². The zero-order chi connectivity index (χ0) is 49.2. The molecule has 10 rings (SSSR count). The Morgan fingerprint density at radius 2 is 0.861 bits per heavy atom. The van der Waals surface area contributed by atoms with Crippen LogP contribution in [0.4, 0.5) is 0 Å². The Morgan fingerprint density at radius 1 is 0.486 bits per heavy atom. The lowest BCUT2D eigenvalue weighted by Crippen LogP contribution is -2.42. The van der Waals surface area contributed by atoms with Gasteiger partial charge in [0, 0.05) is 38.3 Å². The van der Waals surface area contributed by atoms with Crippen LogP contribution in [0.5, 0.6) is 0 Å². The van der Waals surface area contributed by atoms with Crippen LogP contribution in [0.15, 0.2) is 122 Å². The molecule has 0 radical (unpaired) electrons. The Labute approximate surface area is 431 Å². The number of thiazole rings is 2. The molecular weight excluding hydrogens is 937 g/mol. The molecule has 4 aromatic carbocycles. The number of rotatable bonds is 19. The predicted molar refractivity (Wildman–Crippen MR) is 286 cm³/mol. The Hall–Kier alpha value is -6.06. The van der Waals surface area contributed by atoms with E-state index in [4.69, 9.17) is 9.97 Å². The average molecular weight is 1000 g/mol. The third-order valence-electron chi connectivity index (χ3n) is 14.9. The summed E-state index contributed by atoms with van der Waals surface area (Å²) in [6.07, 6.45) is 14.5. The maximum atomic E-state index is 14.4. The molecular formula is C58H66N8O4S2. The molecule has 0 spiro atoms. The minimum Gasteiger partial charge on any atom is -0.341 e. The lowest BCUT2D eigenvalue weighted by molar-refractivity contribution is -0.137. The van der Waals surface area contributed by atoms with Gasteiger partial charge in [0.25, 0.3) is 0 Å². The zero-order valence-electron chi connectivity index (χ0n) is 41.1. The quantitative estimate of drug-likeness (QED) is 0.0820. The summed E-state index contributed by atoms with van der Waals surface area (Å²) in [7, 11) is 0. The van der Waals surface area contributed by atoms with Gasteiger partial charge in [-0.15, -0.1) is 22.7 Å². The predicted octanol–water partition coefficient (Wildman–Crippen LogP) is 10.4.